The molecule has 0 aromatic rings. The molecule has 25 heavy (non-hydrogen) atoms. The molecule has 0 aliphatic carbocycles. The summed E-state index contributed by atoms with van der Waals surface area (Å²) < 4.78 is 26.0. The second-order valence-electron chi connectivity index (χ2n) is 6.96. The van der Waals surface area contributed by atoms with Gasteiger partial charge >= 0.3 is 0 Å². The van der Waals surface area contributed by atoms with Gasteiger partial charge in [0, 0.05) is 25.2 Å². The third kappa shape index (κ3) is 6.86. The lowest BCUT2D eigenvalue weighted by atomic mass is 9.86. The molecular weight excluding hydrogens is 320 g/mol. The van der Waals surface area contributed by atoms with Crippen LogP contribution in [-0.4, -0.2) is 19.3 Å². The summed E-state index contributed by atoms with van der Waals surface area (Å²) in [5.41, 5.74) is 2.59. The first-order valence-electron chi connectivity index (χ1n) is 8.91. The molecule has 0 spiro atoms. The lowest BCUT2D eigenvalue weighted by Gasteiger charge is -2.30. The molecule has 3 unspecified atom stereocenters. The SMILES string of the molecule is C=C(F)/C=C\C=C(\F)CCNC1CC(C)C(CC2CNC(=C)C2)=CN1. The second kappa shape index (κ2) is 9.56. The van der Waals surface area contributed by atoms with Crippen molar-refractivity contribution in [2.24, 2.45) is 11.8 Å². The Morgan fingerprint density at radius 1 is 1.44 bits per heavy atom. The van der Waals surface area contributed by atoms with Crippen molar-refractivity contribution < 1.29 is 8.78 Å². The van der Waals surface area contributed by atoms with Crippen LogP contribution in [0.1, 0.15) is 32.6 Å². The van der Waals surface area contributed by atoms with Gasteiger partial charge in [0.15, 0.2) is 0 Å². The first-order chi connectivity index (χ1) is 11.9. The van der Waals surface area contributed by atoms with Crippen LogP contribution in [0.5, 0.6) is 0 Å². The molecule has 138 valence electrons. The molecule has 0 saturated carbocycles. The van der Waals surface area contributed by atoms with Crippen molar-refractivity contribution in [3.63, 3.8) is 0 Å². The van der Waals surface area contributed by atoms with Gasteiger partial charge in [0.25, 0.3) is 0 Å². The minimum atomic E-state index is -0.581. The van der Waals surface area contributed by atoms with E-state index in [1.54, 1.807) is 0 Å². The van der Waals surface area contributed by atoms with Crippen LogP contribution in [0.15, 0.2) is 60.5 Å². The molecule has 3 atom stereocenters. The highest BCUT2D eigenvalue weighted by Gasteiger charge is 2.25. The molecule has 2 aliphatic heterocycles. The van der Waals surface area contributed by atoms with E-state index in [4.69, 9.17) is 0 Å². The van der Waals surface area contributed by atoms with Crippen molar-refractivity contribution >= 4 is 0 Å². The first kappa shape index (κ1) is 19.4. The van der Waals surface area contributed by atoms with E-state index in [0.29, 0.717) is 18.4 Å². The highest BCUT2D eigenvalue weighted by atomic mass is 19.1. The van der Waals surface area contributed by atoms with Crippen molar-refractivity contribution in [3.8, 4) is 0 Å². The fraction of sp³-hybridized carbons (Fsp3) is 0.500. The molecule has 0 bridgehead atoms. The normalized spacial score (nSPS) is 27.2. The third-order valence-corrected chi connectivity index (χ3v) is 4.70. The Kier molecular flexibility index (Phi) is 7.44. The van der Waals surface area contributed by atoms with Gasteiger partial charge in [-0.3, -0.25) is 5.32 Å². The Morgan fingerprint density at radius 3 is 2.88 bits per heavy atom. The Hall–Kier alpha value is -1.88. The zero-order chi connectivity index (χ0) is 18.2. The van der Waals surface area contributed by atoms with E-state index in [1.165, 1.54) is 17.7 Å². The van der Waals surface area contributed by atoms with Crippen molar-refractivity contribution in [1.29, 1.82) is 0 Å². The molecule has 0 aromatic heterocycles. The van der Waals surface area contributed by atoms with Crippen LogP contribution in [0.3, 0.4) is 0 Å². The number of nitrogens with one attached hydrogen (secondary N) is 3. The molecule has 2 rings (SSSR count). The van der Waals surface area contributed by atoms with Crippen LogP contribution in [0.2, 0.25) is 0 Å². The van der Waals surface area contributed by atoms with E-state index in [-0.39, 0.29) is 18.4 Å². The standard InChI is InChI=1S/C20H29F2N3/c1-14-9-20(23-8-7-19(22)6-4-5-15(2)21)25-13-18(14)11-17-10-16(3)24-12-17/h4-6,13-14,17,20,23-25H,2-3,7-12H2,1H3/b5-4-,19-6+. The summed E-state index contributed by atoms with van der Waals surface area (Å²) in [6.45, 7) is 10.9. The lowest BCUT2D eigenvalue weighted by molar-refractivity contribution is 0.358. The van der Waals surface area contributed by atoms with Gasteiger partial charge in [-0.15, -0.1) is 0 Å². The quantitative estimate of drug-likeness (QED) is 0.575. The summed E-state index contributed by atoms with van der Waals surface area (Å²) in [5.74, 6) is 0.286. The maximum atomic E-state index is 13.6. The van der Waals surface area contributed by atoms with Gasteiger partial charge in [-0.05, 0) is 49.5 Å². The predicted octanol–water partition coefficient (Wildman–Crippen LogP) is 4.21. The molecule has 3 N–H and O–H groups in total. The van der Waals surface area contributed by atoms with E-state index in [9.17, 15) is 8.78 Å². The number of rotatable bonds is 8. The summed E-state index contributed by atoms with van der Waals surface area (Å²) in [6, 6.07) is 0. The van der Waals surface area contributed by atoms with Crippen molar-refractivity contribution in [1.82, 2.24) is 16.0 Å². The topological polar surface area (TPSA) is 36.1 Å². The summed E-state index contributed by atoms with van der Waals surface area (Å²) >= 11 is 0. The molecule has 2 aliphatic rings. The largest absolute Gasteiger partial charge is 0.389 e. The average molecular weight is 349 g/mol. The van der Waals surface area contributed by atoms with Gasteiger partial charge < -0.3 is 10.6 Å². The summed E-state index contributed by atoms with van der Waals surface area (Å²) in [6.07, 6.45) is 9.43. The van der Waals surface area contributed by atoms with Crippen LogP contribution < -0.4 is 16.0 Å². The van der Waals surface area contributed by atoms with Crippen LogP contribution in [0.4, 0.5) is 8.78 Å². The smallest absolute Gasteiger partial charge is 0.116 e. The van der Waals surface area contributed by atoms with Crippen molar-refractivity contribution in [2.75, 3.05) is 13.1 Å². The Labute approximate surface area is 149 Å². The van der Waals surface area contributed by atoms with Crippen LogP contribution >= 0.6 is 0 Å². The van der Waals surface area contributed by atoms with Crippen molar-refractivity contribution in [2.45, 2.75) is 38.8 Å². The predicted molar refractivity (Wildman–Crippen MR) is 99.9 cm³/mol. The highest BCUT2D eigenvalue weighted by molar-refractivity contribution is 5.16. The van der Waals surface area contributed by atoms with E-state index in [2.05, 4.69) is 42.2 Å². The number of hydrogen-bond donors (Lipinski definition) is 3. The lowest BCUT2D eigenvalue weighted by Crippen LogP contribution is -2.44. The fourth-order valence-electron chi connectivity index (χ4n) is 3.29. The van der Waals surface area contributed by atoms with E-state index < -0.39 is 5.83 Å². The van der Waals surface area contributed by atoms with Gasteiger partial charge in [-0.2, -0.15) is 0 Å². The average Bonchev–Trinajstić information content (AvgIpc) is 2.95. The zero-order valence-corrected chi connectivity index (χ0v) is 15.0. The van der Waals surface area contributed by atoms with E-state index >= 15 is 0 Å². The maximum Gasteiger partial charge on any atom is 0.116 e. The van der Waals surface area contributed by atoms with E-state index in [1.807, 2.05) is 0 Å². The first-order valence-corrected chi connectivity index (χ1v) is 8.91. The molecule has 0 radical (unpaired) electrons. The van der Waals surface area contributed by atoms with Gasteiger partial charge in [0.05, 0.1) is 6.17 Å². The molecule has 3 nitrogen and oxygen atoms in total. The zero-order valence-electron chi connectivity index (χ0n) is 15.0. The molecular formula is C20H29F2N3. The van der Waals surface area contributed by atoms with Crippen LogP contribution in [0, 0.1) is 11.8 Å². The molecule has 0 amide bonds. The van der Waals surface area contributed by atoms with Crippen LogP contribution in [0.25, 0.3) is 0 Å². The van der Waals surface area contributed by atoms with Gasteiger partial charge in [0.1, 0.15) is 11.7 Å². The highest BCUT2D eigenvalue weighted by Crippen LogP contribution is 2.29. The van der Waals surface area contributed by atoms with E-state index in [0.717, 1.165) is 37.6 Å². The molecule has 5 heteroatoms. The van der Waals surface area contributed by atoms with Crippen molar-refractivity contribution in [3.05, 3.63) is 60.5 Å². The molecule has 0 aromatic carbocycles. The summed E-state index contributed by atoms with van der Waals surface area (Å²) in [7, 11) is 0. The minimum absolute atomic E-state index is 0.157. The molecule has 2 heterocycles. The Morgan fingerprint density at radius 2 is 2.24 bits per heavy atom. The fourth-order valence-corrected chi connectivity index (χ4v) is 3.29. The molecule has 1 fully saturated rings. The number of halogens is 2. The Bertz CT molecular complexity index is 577. The summed E-state index contributed by atoms with van der Waals surface area (Å²) in [4.78, 5) is 0. The van der Waals surface area contributed by atoms with Gasteiger partial charge in [-0.25, -0.2) is 8.78 Å². The molecule has 1 saturated heterocycles. The number of hydrogen-bond acceptors (Lipinski definition) is 3. The second-order valence-corrected chi connectivity index (χ2v) is 6.96. The maximum absolute atomic E-state index is 13.6. The summed E-state index contributed by atoms with van der Waals surface area (Å²) in [5, 5.41) is 10.0. The Balaban J connectivity index is 1.71. The van der Waals surface area contributed by atoms with Crippen LogP contribution in [-0.2, 0) is 0 Å². The number of allylic oxidation sites excluding steroid dienone is 6. The third-order valence-electron chi connectivity index (χ3n) is 4.70. The minimum Gasteiger partial charge on any atom is -0.389 e. The van der Waals surface area contributed by atoms with Gasteiger partial charge in [0.2, 0.25) is 0 Å². The van der Waals surface area contributed by atoms with Gasteiger partial charge in [-0.1, -0.05) is 31.7 Å². The monoisotopic (exact) mass is 349 g/mol.